The average Bonchev–Trinajstić information content (AvgIpc) is 2.99. The summed E-state index contributed by atoms with van der Waals surface area (Å²) in [6.45, 7) is 1.80. The van der Waals surface area contributed by atoms with Gasteiger partial charge < -0.3 is 15.4 Å². The smallest absolute Gasteiger partial charge is 0.164 e. The number of hydrogen-bond donors (Lipinski definition) is 2. The molecule has 0 aliphatic rings. The summed E-state index contributed by atoms with van der Waals surface area (Å²) in [7, 11) is 1.95. The number of aliphatic hydroxyl groups excluding tert-OH is 1. The van der Waals surface area contributed by atoms with Crippen molar-refractivity contribution in [1.82, 2.24) is 4.57 Å². The van der Waals surface area contributed by atoms with Crippen molar-refractivity contribution in [2.45, 2.75) is 51.0 Å². The number of aromatic nitrogens is 1. The minimum absolute atomic E-state index is 0.0371. The van der Waals surface area contributed by atoms with Gasteiger partial charge in [0.25, 0.3) is 0 Å². The highest BCUT2D eigenvalue weighted by Gasteiger charge is 2.18. The summed E-state index contributed by atoms with van der Waals surface area (Å²) in [6.07, 6.45) is 6.88. The van der Waals surface area contributed by atoms with Crippen molar-refractivity contribution in [3.05, 3.63) is 59.4 Å². The molecule has 0 unspecified atom stereocenters. The maximum atomic E-state index is 12.4. The first kappa shape index (κ1) is 19.4. The van der Waals surface area contributed by atoms with Gasteiger partial charge in [0.15, 0.2) is 5.78 Å². The Morgan fingerprint density at radius 1 is 1.20 bits per heavy atom. The van der Waals surface area contributed by atoms with Crippen molar-refractivity contribution in [3.63, 3.8) is 0 Å². The quantitative estimate of drug-likeness (QED) is 0.514. The van der Waals surface area contributed by atoms with Gasteiger partial charge in [-0.3, -0.25) is 4.79 Å². The number of benzene rings is 1. The molecular weight excluding hydrogens is 312 g/mol. The summed E-state index contributed by atoms with van der Waals surface area (Å²) >= 11 is 0. The number of unbranched alkanes of at least 4 members (excludes halogenated alkanes) is 1. The van der Waals surface area contributed by atoms with E-state index in [0.717, 1.165) is 36.9 Å². The monoisotopic (exact) mass is 342 g/mol. The summed E-state index contributed by atoms with van der Waals surface area (Å²) < 4.78 is 1.99. The molecule has 25 heavy (non-hydrogen) atoms. The first-order valence-corrected chi connectivity index (χ1v) is 9.03. The molecule has 4 heteroatoms. The number of carbonyl (C=O) groups is 1. The van der Waals surface area contributed by atoms with Gasteiger partial charge in [0.2, 0.25) is 0 Å². The molecule has 0 saturated heterocycles. The minimum atomic E-state index is -0.577. The lowest BCUT2D eigenvalue weighted by Gasteiger charge is -2.21. The molecule has 0 saturated carbocycles. The molecular formula is C21H30N2O2. The minimum Gasteiger partial charge on any atom is -0.394 e. The second-order valence-electron chi connectivity index (χ2n) is 7.26. The number of hydrogen-bond acceptors (Lipinski definition) is 3. The van der Waals surface area contributed by atoms with E-state index >= 15 is 0 Å². The van der Waals surface area contributed by atoms with Crippen LogP contribution in [0.5, 0.6) is 0 Å². The molecule has 2 aromatic rings. The van der Waals surface area contributed by atoms with Crippen LogP contribution in [0.25, 0.3) is 0 Å². The summed E-state index contributed by atoms with van der Waals surface area (Å²) in [5, 5.41) is 9.25. The number of rotatable bonds is 10. The first-order valence-electron chi connectivity index (χ1n) is 9.03. The lowest BCUT2D eigenvalue weighted by molar-refractivity contribution is 0.0979. The molecule has 0 fully saturated rings. The average molecular weight is 342 g/mol. The Morgan fingerprint density at radius 3 is 2.60 bits per heavy atom. The molecule has 0 radical (unpaired) electrons. The Labute approximate surface area is 150 Å². The normalized spacial score (nSPS) is 13.6. The van der Waals surface area contributed by atoms with Gasteiger partial charge in [-0.15, -0.1) is 0 Å². The fourth-order valence-electron chi connectivity index (χ4n) is 2.91. The molecule has 1 heterocycles. The number of aryl methyl sites for hydroxylation is 3. The van der Waals surface area contributed by atoms with Crippen molar-refractivity contribution >= 4 is 5.78 Å². The standard InChI is InChI=1S/C21H30N2O2/c1-21(22,16-24)13-12-19-14-18(15-23(19)2)20(25)11-7-6-10-17-8-4-3-5-9-17/h3-5,8-9,14-15,24H,6-7,10-13,16,22H2,1-2H3/t21-/m1/s1. The van der Waals surface area contributed by atoms with Crippen molar-refractivity contribution in [3.8, 4) is 0 Å². The van der Waals surface area contributed by atoms with Gasteiger partial charge in [0, 0.05) is 36.5 Å². The maximum absolute atomic E-state index is 12.4. The Hall–Kier alpha value is -1.91. The zero-order valence-corrected chi connectivity index (χ0v) is 15.4. The number of ketones is 1. The number of nitrogens with two attached hydrogens (primary N) is 1. The third-order valence-electron chi connectivity index (χ3n) is 4.71. The lowest BCUT2D eigenvalue weighted by Crippen LogP contribution is -2.40. The van der Waals surface area contributed by atoms with Gasteiger partial charge in [-0.05, 0) is 50.7 Å². The molecule has 0 bridgehead atoms. The van der Waals surface area contributed by atoms with Crippen molar-refractivity contribution in [2.75, 3.05) is 6.61 Å². The molecule has 1 atom stereocenters. The van der Waals surface area contributed by atoms with Crippen LogP contribution in [0.15, 0.2) is 42.6 Å². The van der Waals surface area contributed by atoms with E-state index in [0.29, 0.717) is 12.8 Å². The fraction of sp³-hybridized carbons (Fsp3) is 0.476. The molecule has 136 valence electrons. The van der Waals surface area contributed by atoms with E-state index in [1.54, 1.807) is 0 Å². The van der Waals surface area contributed by atoms with Gasteiger partial charge in [-0.25, -0.2) is 0 Å². The van der Waals surface area contributed by atoms with Crippen LogP contribution in [0.3, 0.4) is 0 Å². The summed E-state index contributed by atoms with van der Waals surface area (Å²) in [4.78, 5) is 12.4. The zero-order valence-electron chi connectivity index (χ0n) is 15.4. The van der Waals surface area contributed by atoms with Gasteiger partial charge in [0.1, 0.15) is 0 Å². The third kappa shape index (κ3) is 6.15. The third-order valence-corrected chi connectivity index (χ3v) is 4.71. The van der Waals surface area contributed by atoms with Gasteiger partial charge >= 0.3 is 0 Å². The predicted octanol–water partition coefficient (Wildman–Crippen LogP) is 3.26. The Morgan fingerprint density at radius 2 is 1.92 bits per heavy atom. The van der Waals surface area contributed by atoms with E-state index in [9.17, 15) is 9.90 Å². The number of nitrogens with zero attached hydrogens (tertiary/aromatic N) is 1. The molecule has 1 aromatic carbocycles. The highest BCUT2D eigenvalue weighted by Crippen LogP contribution is 2.16. The maximum Gasteiger partial charge on any atom is 0.164 e. The van der Waals surface area contributed by atoms with E-state index in [2.05, 4.69) is 24.3 Å². The molecule has 4 nitrogen and oxygen atoms in total. The number of aliphatic hydroxyl groups is 1. The van der Waals surface area contributed by atoms with Crippen molar-refractivity contribution in [1.29, 1.82) is 0 Å². The second kappa shape index (κ2) is 8.97. The first-order chi connectivity index (χ1) is 11.9. The van der Waals surface area contributed by atoms with Crippen molar-refractivity contribution in [2.24, 2.45) is 12.8 Å². The molecule has 3 N–H and O–H groups in total. The largest absolute Gasteiger partial charge is 0.394 e. The van der Waals surface area contributed by atoms with Gasteiger partial charge in [-0.1, -0.05) is 30.3 Å². The SMILES string of the molecule is Cn1cc(C(=O)CCCCc2ccccc2)cc1CC[C@@](C)(N)CO. The highest BCUT2D eigenvalue weighted by atomic mass is 16.3. The molecule has 0 amide bonds. The molecule has 0 spiro atoms. The van der Waals surface area contributed by atoms with Crippen LogP contribution in [0.4, 0.5) is 0 Å². The van der Waals surface area contributed by atoms with Crippen LogP contribution >= 0.6 is 0 Å². The molecule has 0 aliphatic heterocycles. The van der Waals surface area contributed by atoms with E-state index in [1.165, 1.54) is 5.56 Å². The van der Waals surface area contributed by atoms with Crippen LogP contribution in [0, 0.1) is 0 Å². The lowest BCUT2D eigenvalue weighted by atomic mass is 9.97. The van der Waals surface area contributed by atoms with Crippen LogP contribution in [-0.4, -0.2) is 27.6 Å². The van der Waals surface area contributed by atoms with Gasteiger partial charge in [-0.2, -0.15) is 0 Å². The fourth-order valence-corrected chi connectivity index (χ4v) is 2.91. The Kier molecular flexibility index (Phi) is 6.97. The van der Waals surface area contributed by atoms with Crippen LogP contribution in [-0.2, 0) is 19.9 Å². The van der Waals surface area contributed by atoms with Crippen LogP contribution in [0.2, 0.25) is 0 Å². The Balaban J connectivity index is 1.80. The summed E-state index contributed by atoms with van der Waals surface area (Å²) in [6, 6.07) is 12.3. The van der Waals surface area contributed by atoms with E-state index in [1.807, 2.05) is 36.9 Å². The van der Waals surface area contributed by atoms with Gasteiger partial charge in [0.05, 0.1) is 6.61 Å². The zero-order chi connectivity index (χ0) is 18.3. The molecule has 0 aliphatic carbocycles. The number of Topliss-reactive ketones (excluding diaryl/α,β-unsaturated/α-hetero) is 1. The predicted molar refractivity (Wildman–Crippen MR) is 102 cm³/mol. The molecule has 1 aromatic heterocycles. The number of carbonyl (C=O) groups excluding carboxylic acids is 1. The van der Waals surface area contributed by atoms with E-state index < -0.39 is 5.54 Å². The van der Waals surface area contributed by atoms with E-state index in [4.69, 9.17) is 5.73 Å². The summed E-state index contributed by atoms with van der Waals surface area (Å²) in [5.74, 6) is 0.201. The Bertz CT molecular complexity index is 674. The van der Waals surface area contributed by atoms with Crippen molar-refractivity contribution < 1.29 is 9.90 Å². The second-order valence-corrected chi connectivity index (χ2v) is 7.26. The van der Waals surface area contributed by atoms with E-state index in [-0.39, 0.29) is 12.4 Å². The summed E-state index contributed by atoms with van der Waals surface area (Å²) in [5.41, 5.74) is 8.59. The molecule has 2 rings (SSSR count). The van der Waals surface area contributed by atoms with Crippen LogP contribution in [0.1, 0.15) is 54.2 Å². The topological polar surface area (TPSA) is 68.2 Å². The van der Waals surface area contributed by atoms with Crippen LogP contribution < -0.4 is 5.73 Å². The highest BCUT2D eigenvalue weighted by molar-refractivity contribution is 5.96.